The number of thioether (sulfide) groups is 1. The van der Waals surface area contributed by atoms with Crippen LogP contribution in [0.2, 0.25) is 0 Å². The molecule has 0 bridgehead atoms. The highest BCUT2D eigenvalue weighted by Gasteiger charge is 2.15. The second-order valence-corrected chi connectivity index (χ2v) is 4.84. The quantitative estimate of drug-likeness (QED) is 0.302. The molecule has 0 amide bonds. The summed E-state index contributed by atoms with van der Waals surface area (Å²) in [4.78, 5) is 5.19. The van der Waals surface area contributed by atoms with E-state index in [1.807, 2.05) is 11.8 Å². The molecule has 1 fully saturated rings. The Bertz CT molecular complexity index is 191. The maximum Gasteiger partial charge on any atom is 0.0270 e. The molecule has 0 saturated carbocycles. The van der Waals surface area contributed by atoms with Crippen LogP contribution in [0.5, 0.6) is 0 Å². The van der Waals surface area contributed by atoms with Crippen molar-refractivity contribution in [2.24, 2.45) is 5.11 Å². The molecule has 1 atom stereocenters. The van der Waals surface area contributed by atoms with Gasteiger partial charge in [-0.15, -0.1) is 0 Å². The zero-order valence-corrected chi connectivity index (χ0v) is 8.83. The fourth-order valence-electron chi connectivity index (χ4n) is 1.50. The van der Waals surface area contributed by atoms with Gasteiger partial charge in [0.15, 0.2) is 0 Å². The molecule has 4 nitrogen and oxygen atoms in total. The average Bonchev–Trinajstić information content (AvgIpc) is 2.13. The average molecular weight is 200 g/mol. The van der Waals surface area contributed by atoms with Crippen LogP contribution in [0.25, 0.3) is 10.4 Å². The van der Waals surface area contributed by atoms with Crippen molar-refractivity contribution < 1.29 is 0 Å². The number of hydrogen-bond donors (Lipinski definition) is 0. The van der Waals surface area contributed by atoms with E-state index >= 15 is 0 Å². The van der Waals surface area contributed by atoms with Crippen molar-refractivity contribution in [3.8, 4) is 0 Å². The topological polar surface area (TPSA) is 52.0 Å². The standard InChI is InChI=1S/C8H16N4S/c1-8-7-12(5-6-13-8)4-2-3-10-11-9/h8H,2-7H2,1H3. The van der Waals surface area contributed by atoms with Crippen LogP contribution < -0.4 is 0 Å². The third kappa shape index (κ3) is 4.41. The highest BCUT2D eigenvalue weighted by Crippen LogP contribution is 2.17. The maximum absolute atomic E-state index is 8.09. The van der Waals surface area contributed by atoms with E-state index in [1.165, 1.54) is 18.8 Å². The molecule has 74 valence electrons. The summed E-state index contributed by atoms with van der Waals surface area (Å²) >= 11 is 2.04. The molecule has 0 N–H and O–H groups in total. The van der Waals surface area contributed by atoms with Crippen LogP contribution in [0.3, 0.4) is 0 Å². The second kappa shape index (κ2) is 6.13. The summed E-state index contributed by atoms with van der Waals surface area (Å²) in [5.74, 6) is 1.24. The van der Waals surface area contributed by atoms with Crippen molar-refractivity contribution >= 4 is 11.8 Å². The van der Waals surface area contributed by atoms with Crippen LogP contribution in [0.15, 0.2) is 5.11 Å². The number of nitrogens with zero attached hydrogens (tertiary/aromatic N) is 4. The Morgan fingerprint density at radius 1 is 1.69 bits per heavy atom. The zero-order chi connectivity index (χ0) is 9.52. The first kappa shape index (κ1) is 10.7. The van der Waals surface area contributed by atoms with E-state index in [2.05, 4.69) is 21.8 Å². The third-order valence-electron chi connectivity index (χ3n) is 2.12. The molecule has 1 heterocycles. The van der Waals surface area contributed by atoms with Crippen LogP contribution in [0, 0.1) is 0 Å². The van der Waals surface area contributed by atoms with Gasteiger partial charge >= 0.3 is 0 Å². The predicted molar refractivity (Wildman–Crippen MR) is 57.0 cm³/mol. The van der Waals surface area contributed by atoms with E-state index in [0.717, 1.165) is 18.2 Å². The molecular formula is C8H16N4S. The third-order valence-corrected chi connectivity index (χ3v) is 3.26. The lowest BCUT2D eigenvalue weighted by Crippen LogP contribution is -2.37. The predicted octanol–water partition coefficient (Wildman–Crippen LogP) is 2.12. The van der Waals surface area contributed by atoms with E-state index in [4.69, 9.17) is 5.53 Å². The first-order valence-corrected chi connectivity index (χ1v) is 5.72. The summed E-state index contributed by atoms with van der Waals surface area (Å²) < 4.78 is 0. The van der Waals surface area contributed by atoms with Crippen molar-refractivity contribution in [1.29, 1.82) is 0 Å². The highest BCUT2D eigenvalue weighted by atomic mass is 32.2. The number of hydrogen-bond acceptors (Lipinski definition) is 3. The van der Waals surface area contributed by atoms with Crippen LogP contribution in [0.4, 0.5) is 0 Å². The van der Waals surface area contributed by atoms with Gasteiger partial charge in [-0.05, 0) is 18.5 Å². The largest absolute Gasteiger partial charge is 0.301 e. The summed E-state index contributed by atoms with van der Waals surface area (Å²) in [6.45, 7) is 6.34. The van der Waals surface area contributed by atoms with Crippen molar-refractivity contribution in [2.75, 3.05) is 31.9 Å². The van der Waals surface area contributed by atoms with Crippen LogP contribution in [-0.4, -0.2) is 42.1 Å². The minimum absolute atomic E-state index is 0.633. The lowest BCUT2D eigenvalue weighted by Gasteiger charge is -2.30. The van der Waals surface area contributed by atoms with Gasteiger partial charge in [-0.25, -0.2) is 0 Å². The number of rotatable bonds is 4. The van der Waals surface area contributed by atoms with Crippen molar-refractivity contribution in [3.05, 3.63) is 10.4 Å². The molecule has 0 radical (unpaired) electrons. The summed E-state index contributed by atoms with van der Waals surface area (Å²) in [5, 5.41) is 4.28. The Labute approximate surface area is 83.3 Å². The van der Waals surface area contributed by atoms with Gasteiger partial charge in [0.05, 0.1) is 0 Å². The van der Waals surface area contributed by atoms with E-state index in [9.17, 15) is 0 Å². The Kier molecular flexibility index (Phi) is 5.05. The molecule has 1 unspecified atom stereocenters. The molecule has 0 aliphatic carbocycles. The Morgan fingerprint density at radius 3 is 3.23 bits per heavy atom. The summed E-state index contributed by atoms with van der Waals surface area (Å²) in [7, 11) is 0. The molecule has 1 aliphatic heterocycles. The lowest BCUT2D eigenvalue weighted by atomic mass is 10.3. The van der Waals surface area contributed by atoms with Gasteiger partial charge in [0, 0.05) is 35.5 Å². The number of azide groups is 1. The Balaban J connectivity index is 2.09. The normalized spacial score (nSPS) is 23.9. The second-order valence-electron chi connectivity index (χ2n) is 3.29. The zero-order valence-electron chi connectivity index (χ0n) is 8.02. The van der Waals surface area contributed by atoms with Crippen molar-refractivity contribution in [1.82, 2.24) is 4.90 Å². The molecule has 13 heavy (non-hydrogen) atoms. The van der Waals surface area contributed by atoms with Gasteiger partial charge in [-0.1, -0.05) is 12.0 Å². The summed E-state index contributed by atoms with van der Waals surface area (Å²) in [6.07, 6.45) is 0.988. The molecular weight excluding hydrogens is 184 g/mol. The van der Waals surface area contributed by atoms with Crippen LogP contribution in [-0.2, 0) is 0 Å². The first-order chi connectivity index (χ1) is 6.33. The van der Waals surface area contributed by atoms with Crippen molar-refractivity contribution in [2.45, 2.75) is 18.6 Å². The van der Waals surface area contributed by atoms with Crippen LogP contribution >= 0.6 is 11.8 Å². The molecule has 5 heteroatoms. The molecule has 0 aromatic heterocycles. The minimum Gasteiger partial charge on any atom is -0.301 e. The minimum atomic E-state index is 0.633. The maximum atomic E-state index is 8.09. The van der Waals surface area contributed by atoms with Gasteiger partial charge in [-0.3, -0.25) is 0 Å². The van der Waals surface area contributed by atoms with E-state index < -0.39 is 0 Å². The monoisotopic (exact) mass is 200 g/mol. The molecule has 1 aliphatic rings. The lowest BCUT2D eigenvalue weighted by molar-refractivity contribution is 0.284. The fraction of sp³-hybridized carbons (Fsp3) is 1.00. The first-order valence-electron chi connectivity index (χ1n) is 4.67. The SMILES string of the molecule is CC1CN(CCCN=[N+]=[N-])CCS1. The highest BCUT2D eigenvalue weighted by molar-refractivity contribution is 7.99. The Morgan fingerprint density at radius 2 is 2.54 bits per heavy atom. The van der Waals surface area contributed by atoms with Gasteiger partial charge in [0.25, 0.3) is 0 Å². The summed E-state index contributed by atoms with van der Waals surface area (Å²) in [5.41, 5.74) is 8.09. The smallest absolute Gasteiger partial charge is 0.0270 e. The summed E-state index contributed by atoms with van der Waals surface area (Å²) in [6, 6.07) is 0. The van der Waals surface area contributed by atoms with Gasteiger partial charge in [0.2, 0.25) is 0 Å². The van der Waals surface area contributed by atoms with Crippen molar-refractivity contribution in [3.63, 3.8) is 0 Å². The van der Waals surface area contributed by atoms with Gasteiger partial charge in [-0.2, -0.15) is 11.8 Å². The molecule has 0 aromatic carbocycles. The van der Waals surface area contributed by atoms with Gasteiger partial charge in [0.1, 0.15) is 0 Å². The van der Waals surface area contributed by atoms with E-state index in [1.54, 1.807) is 0 Å². The molecule has 1 rings (SSSR count). The molecule has 0 aromatic rings. The van der Waals surface area contributed by atoms with Crippen LogP contribution in [0.1, 0.15) is 13.3 Å². The Hall–Kier alpha value is -0.380. The molecule has 0 spiro atoms. The fourth-order valence-corrected chi connectivity index (χ4v) is 2.59. The molecule has 1 saturated heterocycles. The van der Waals surface area contributed by atoms with E-state index in [-0.39, 0.29) is 0 Å². The van der Waals surface area contributed by atoms with Gasteiger partial charge < -0.3 is 4.90 Å². The van der Waals surface area contributed by atoms with E-state index in [0.29, 0.717) is 6.54 Å².